The molecule has 1 aromatic rings. The number of fused-ring (bicyclic) bond motifs is 2. The summed E-state index contributed by atoms with van der Waals surface area (Å²) in [6.45, 7) is 3.42. The molecule has 3 rings (SSSR count). The topological polar surface area (TPSA) is 75.6 Å². The molecule has 0 aromatic heterocycles. The lowest BCUT2D eigenvalue weighted by Crippen LogP contribution is -2.42. The summed E-state index contributed by atoms with van der Waals surface area (Å²) in [4.78, 5) is 24.1. The van der Waals surface area contributed by atoms with Crippen molar-refractivity contribution in [2.45, 2.75) is 45.6 Å². The molecular weight excluding hydrogens is 306 g/mol. The summed E-state index contributed by atoms with van der Waals surface area (Å²) in [5, 5.41) is 12.8. The molecule has 4 atom stereocenters. The van der Waals surface area contributed by atoms with Crippen LogP contribution in [0, 0.1) is 24.7 Å². The first-order valence-electron chi connectivity index (χ1n) is 8.70. The zero-order valence-corrected chi connectivity index (χ0v) is 14.2. The third-order valence-electron chi connectivity index (χ3n) is 5.62. The Morgan fingerprint density at radius 2 is 2.12 bits per heavy atom. The molecule has 130 valence electrons. The van der Waals surface area contributed by atoms with E-state index >= 15 is 0 Å². The molecular formula is C19H25NO4. The predicted octanol–water partition coefficient (Wildman–Crippen LogP) is 2.80. The van der Waals surface area contributed by atoms with Gasteiger partial charge in [-0.15, -0.1) is 0 Å². The van der Waals surface area contributed by atoms with Crippen LogP contribution in [-0.4, -0.2) is 29.6 Å². The summed E-state index contributed by atoms with van der Waals surface area (Å²) in [7, 11) is 0. The zero-order chi connectivity index (χ0) is 17.3. The maximum Gasteiger partial charge on any atom is 0.342 e. The predicted molar refractivity (Wildman–Crippen MR) is 89.7 cm³/mol. The van der Waals surface area contributed by atoms with Crippen molar-refractivity contribution in [3.63, 3.8) is 0 Å². The number of aromatic hydroxyl groups is 1. The molecule has 2 saturated carbocycles. The SMILES string of the molecule is Cc1cccc(C(=O)OCC(=O)N[C@H](C)[C@H]2C[C@H]3CC[C@H]2C3)c1O. The number of nitrogens with one attached hydrogen (secondary N) is 1. The number of amides is 1. The Morgan fingerprint density at radius 3 is 2.79 bits per heavy atom. The Hall–Kier alpha value is -2.04. The highest BCUT2D eigenvalue weighted by Gasteiger charge is 2.42. The Morgan fingerprint density at radius 1 is 1.33 bits per heavy atom. The molecule has 0 saturated heterocycles. The molecule has 5 nitrogen and oxygen atoms in total. The van der Waals surface area contributed by atoms with E-state index in [1.54, 1.807) is 19.1 Å². The molecule has 2 bridgehead atoms. The first-order valence-corrected chi connectivity index (χ1v) is 8.70. The first-order chi connectivity index (χ1) is 11.5. The van der Waals surface area contributed by atoms with E-state index in [2.05, 4.69) is 5.32 Å². The van der Waals surface area contributed by atoms with Gasteiger partial charge in [-0.25, -0.2) is 4.79 Å². The molecule has 0 unspecified atom stereocenters. The van der Waals surface area contributed by atoms with Crippen molar-refractivity contribution in [1.82, 2.24) is 5.32 Å². The van der Waals surface area contributed by atoms with Crippen molar-refractivity contribution in [2.24, 2.45) is 17.8 Å². The van der Waals surface area contributed by atoms with Gasteiger partial charge in [-0.05, 0) is 62.5 Å². The van der Waals surface area contributed by atoms with Gasteiger partial charge in [-0.1, -0.05) is 18.6 Å². The van der Waals surface area contributed by atoms with Gasteiger partial charge in [0.25, 0.3) is 5.91 Å². The van der Waals surface area contributed by atoms with Gasteiger partial charge in [-0.3, -0.25) is 4.79 Å². The van der Waals surface area contributed by atoms with Gasteiger partial charge in [-0.2, -0.15) is 0 Å². The largest absolute Gasteiger partial charge is 0.507 e. The fourth-order valence-corrected chi connectivity index (χ4v) is 4.34. The van der Waals surface area contributed by atoms with E-state index in [0.29, 0.717) is 11.5 Å². The Balaban J connectivity index is 1.48. The van der Waals surface area contributed by atoms with Gasteiger partial charge < -0.3 is 15.2 Å². The van der Waals surface area contributed by atoms with Gasteiger partial charge in [0, 0.05) is 6.04 Å². The number of benzene rings is 1. The van der Waals surface area contributed by atoms with Gasteiger partial charge in [0.2, 0.25) is 0 Å². The minimum Gasteiger partial charge on any atom is -0.507 e. The number of aryl methyl sites for hydroxylation is 1. The summed E-state index contributed by atoms with van der Waals surface area (Å²) in [6, 6.07) is 4.97. The van der Waals surface area contributed by atoms with Gasteiger partial charge in [0.1, 0.15) is 11.3 Å². The number of carbonyl (C=O) groups excluding carboxylic acids is 2. The molecule has 5 heteroatoms. The molecule has 24 heavy (non-hydrogen) atoms. The average Bonchev–Trinajstić information content (AvgIpc) is 3.18. The number of hydrogen-bond acceptors (Lipinski definition) is 4. The molecule has 2 aliphatic rings. The molecule has 2 fully saturated rings. The van der Waals surface area contributed by atoms with E-state index in [1.807, 2.05) is 6.92 Å². The van der Waals surface area contributed by atoms with E-state index in [0.717, 1.165) is 11.8 Å². The van der Waals surface area contributed by atoms with Gasteiger partial charge in [0.15, 0.2) is 6.61 Å². The number of ether oxygens (including phenoxy) is 1. The lowest BCUT2D eigenvalue weighted by molar-refractivity contribution is -0.125. The highest BCUT2D eigenvalue weighted by Crippen LogP contribution is 2.49. The smallest absolute Gasteiger partial charge is 0.342 e. The normalized spacial score (nSPS) is 26.2. The van der Waals surface area contributed by atoms with Gasteiger partial charge in [0.05, 0.1) is 0 Å². The van der Waals surface area contributed by atoms with Crippen LogP contribution in [0.3, 0.4) is 0 Å². The molecule has 1 aromatic carbocycles. The standard InChI is InChI=1S/C19H25NO4/c1-11-4-3-5-15(18(11)22)19(23)24-10-17(21)20-12(2)16-9-13-6-7-14(16)8-13/h3-5,12-14,16,22H,6-10H2,1-2H3,(H,20,21)/t12-,13+,14+,16-/m1/s1. The number of para-hydroxylation sites is 1. The number of rotatable bonds is 5. The second kappa shape index (κ2) is 6.83. The van der Waals surface area contributed by atoms with Crippen molar-refractivity contribution >= 4 is 11.9 Å². The van der Waals surface area contributed by atoms with Crippen LogP contribution in [-0.2, 0) is 9.53 Å². The second-order valence-corrected chi connectivity index (χ2v) is 7.24. The number of esters is 1. The summed E-state index contributed by atoms with van der Waals surface area (Å²) in [6.07, 6.45) is 5.10. The Kier molecular flexibility index (Phi) is 4.78. The number of carbonyl (C=O) groups is 2. The highest BCUT2D eigenvalue weighted by atomic mass is 16.5. The molecule has 2 aliphatic carbocycles. The van der Waals surface area contributed by atoms with E-state index in [4.69, 9.17) is 4.74 Å². The molecule has 1 amide bonds. The Labute approximate surface area is 142 Å². The van der Waals surface area contributed by atoms with Crippen LogP contribution in [0.1, 0.15) is 48.5 Å². The fraction of sp³-hybridized carbons (Fsp3) is 0.579. The molecule has 2 N–H and O–H groups in total. The van der Waals surface area contributed by atoms with Crippen molar-refractivity contribution in [3.8, 4) is 5.75 Å². The minimum absolute atomic E-state index is 0.0870. The van der Waals surface area contributed by atoms with Crippen molar-refractivity contribution in [2.75, 3.05) is 6.61 Å². The molecule has 0 spiro atoms. The third-order valence-corrected chi connectivity index (χ3v) is 5.62. The number of hydrogen-bond donors (Lipinski definition) is 2. The van der Waals surface area contributed by atoms with Gasteiger partial charge >= 0.3 is 5.97 Å². The quantitative estimate of drug-likeness (QED) is 0.814. The van der Waals surface area contributed by atoms with E-state index < -0.39 is 5.97 Å². The monoisotopic (exact) mass is 331 g/mol. The van der Waals surface area contributed by atoms with Crippen molar-refractivity contribution in [3.05, 3.63) is 29.3 Å². The minimum atomic E-state index is -0.682. The zero-order valence-electron chi connectivity index (χ0n) is 14.2. The maximum atomic E-state index is 12.1. The lowest BCUT2D eigenvalue weighted by atomic mass is 9.84. The van der Waals surface area contributed by atoms with Crippen LogP contribution >= 0.6 is 0 Å². The van der Waals surface area contributed by atoms with Crippen molar-refractivity contribution in [1.29, 1.82) is 0 Å². The summed E-state index contributed by atoms with van der Waals surface area (Å²) in [5.74, 6) is 1.05. The fourth-order valence-electron chi connectivity index (χ4n) is 4.34. The highest BCUT2D eigenvalue weighted by molar-refractivity contribution is 5.94. The van der Waals surface area contributed by atoms with Crippen LogP contribution in [0.5, 0.6) is 5.75 Å². The molecule has 0 heterocycles. The maximum absolute atomic E-state index is 12.1. The van der Waals surface area contributed by atoms with E-state index in [1.165, 1.54) is 31.7 Å². The molecule has 0 radical (unpaired) electrons. The number of phenolic OH excluding ortho intramolecular Hbond substituents is 1. The number of phenols is 1. The second-order valence-electron chi connectivity index (χ2n) is 7.24. The van der Waals surface area contributed by atoms with E-state index in [-0.39, 0.29) is 29.9 Å². The third kappa shape index (κ3) is 3.40. The first kappa shape index (κ1) is 16.8. The summed E-state index contributed by atoms with van der Waals surface area (Å²) in [5.41, 5.74) is 0.683. The van der Waals surface area contributed by atoms with Crippen LogP contribution in [0.4, 0.5) is 0 Å². The van der Waals surface area contributed by atoms with Crippen molar-refractivity contribution < 1.29 is 19.4 Å². The average molecular weight is 331 g/mol. The summed E-state index contributed by atoms with van der Waals surface area (Å²) >= 11 is 0. The molecule has 0 aliphatic heterocycles. The summed E-state index contributed by atoms with van der Waals surface area (Å²) < 4.78 is 5.04. The van der Waals surface area contributed by atoms with Crippen LogP contribution in [0.2, 0.25) is 0 Å². The van der Waals surface area contributed by atoms with E-state index in [9.17, 15) is 14.7 Å². The van der Waals surface area contributed by atoms with Crippen LogP contribution < -0.4 is 5.32 Å². The van der Waals surface area contributed by atoms with Crippen LogP contribution in [0.15, 0.2) is 18.2 Å². The Bertz CT molecular complexity index is 642. The lowest BCUT2D eigenvalue weighted by Gasteiger charge is -2.28. The van der Waals surface area contributed by atoms with Crippen LogP contribution in [0.25, 0.3) is 0 Å².